The van der Waals surface area contributed by atoms with E-state index in [1.807, 2.05) is 39.9 Å². The van der Waals surface area contributed by atoms with Crippen molar-refractivity contribution in [3.63, 3.8) is 0 Å². The van der Waals surface area contributed by atoms with E-state index in [0.29, 0.717) is 24.4 Å². The van der Waals surface area contributed by atoms with Crippen molar-refractivity contribution in [3.05, 3.63) is 74.6 Å². The van der Waals surface area contributed by atoms with Crippen LogP contribution in [0.4, 0.5) is 0 Å². The van der Waals surface area contributed by atoms with Gasteiger partial charge >= 0.3 is 0 Å². The number of ether oxygens (including phenoxy) is 1. The summed E-state index contributed by atoms with van der Waals surface area (Å²) < 4.78 is 5.63. The van der Waals surface area contributed by atoms with E-state index in [4.69, 9.17) is 4.74 Å². The molecule has 0 radical (unpaired) electrons. The maximum Gasteiger partial charge on any atom is 0.261 e. The van der Waals surface area contributed by atoms with Gasteiger partial charge in [0.1, 0.15) is 5.75 Å². The molecule has 0 bridgehead atoms. The molecule has 1 aromatic carbocycles. The second-order valence-electron chi connectivity index (χ2n) is 5.78. The first-order valence-corrected chi connectivity index (χ1v) is 9.94. The van der Waals surface area contributed by atoms with Gasteiger partial charge in [-0.3, -0.25) is 9.59 Å². The van der Waals surface area contributed by atoms with Crippen LogP contribution in [-0.4, -0.2) is 23.2 Å². The second kappa shape index (κ2) is 8.78. The Balaban J connectivity index is 1.63. The Morgan fingerprint density at radius 3 is 1.96 bits per heavy atom. The van der Waals surface area contributed by atoms with Gasteiger partial charge < -0.3 is 9.64 Å². The fourth-order valence-electron chi connectivity index (χ4n) is 2.44. The number of hydrogen-bond donors (Lipinski definition) is 0. The summed E-state index contributed by atoms with van der Waals surface area (Å²) in [6.07, 6.45) is 0. The van der Waals surface area contributed by atoms with Gasteiger partial charge in [-0.15, -0.1) is 22.7 Å². The minimum Gasteiger partial charge on any atom is -0.484 e. The van der Waals surface area contributed by atoms with E-state index in [2.05, 4.69) is 0 Å². The molecule has 26 heavy (non-hydrogen) atoms. The molecule has 0 fully saturated rings. The van der Waals surface area contributed by atoms with Crippen LogP contribution in [-0.2, 0) is 17.9 Å². The Morgan fingerprint density at radius 1 is 0.923 bits per heavy atom. The summed E-state index contributed by atoms with van der Waals surface area (Å²) in [5, 5.41) is 4.02. The van der Waals surface area contributed by atoms with Crippen LogP contribution in [0.3, 0.4) is 0 Å². The van der Waals surface area contributed by atoms with Gasteiger partial charge in [0.25, 0.3) is 5.91 Å². The number of nitrogens with zero attached hydrogens (tertiary/aromatic N) is 1. The van der Waals surface area contributed by atoms with Crippen molar-refractivity contribution in [2.24, 2.45) is 0 Å². The lowest BCUT2D eigenvalue weighted by Gasteiger charge is -2.21. The zero-order valence-electron chi connectivity index (χ0n) is 14.4. The number of rotatable bonds is 8. The maximum atomic E-state index is 12.7. The molecular formula is C20H19NO3S2. The molecule has 0 saturated carbocycles. The molecule has 0 aliphatic heterocycles. The topological polar surface area (TPSA) is 46.6 Å². The Bertz CT molecular complexity index is 804. The van der Waals surface area contributed by atoms with Crippen molar-refractivity contribution < 1.29 is 14.3 Å². The lowest BCUT2D eigenvalue weighted by molar-refractivity contribution is -0.134. The fourth-order valence-corrected chi connectivity index (χ4v) is 3.87. The largest absolute Gasteiger partial charge is 0.484 e. The predicted molar refractivity (Wildman–Crippen MR) is 105 cm³/mol. The SMILES string of the molecule is CC(=O)c1ccc(OCC(=O)N(Cc2cccs2)Cc2cccs2)cc1. The molecule has 4 nitrogen and oxygen atoms in total. The highest BCUT2D eigenvalue weighted by Gasteiger charge is 2.16. The second-order valence-corrected chi connectivity index (χ2v) is 7.84. The van der Waals surface area contributed by atoms with Gasteiger partial charge in [-0.05, 0) is 54.1 Å². The molecule has 0 spiro atoms. The van der Waals surface area contributed by atoms with Crippen LogP contribution in [0.1, 0.15) is 27.0 Å². The Morgan fingerprint density at radius 2 is 1.50 bits per heavy atom. The number of hydrogen-bond acceptors (Lipinski definition) is 5. The van der Waals surface area contributed by atoms with E-state index >= 15 is 0 Å². The minimum atomic E-state index is -0.0672. The third-order valence-electron chi connectivity index (χ3n) is 3.83. The molecule has 0 N–H and O–H groups in total. The molecule has 2 aromatic heterocycles. The summed E-state index contributed by atoms with van der Waals surface area (Å²) in [7, 11) is 0. The van der Waals surface area contributed by atoms with Crippen molar-refractivity contribution in [1.82, 2.24) is 4.90 Å². The standard InChI is InChI=1S/C20H19NO3S2/c1-15(22)16-6-8-17(9-7-16)24-14-20(23)21(12-18-4-2-10-25-18)13-19-5-3-11-26-19/h2-11H,12-14H2,1H3. The van der Waals surface area contributed by atoms with Crippen LogP contribution < -0.4 is 4.74 Å². The van der Waals surface area contributed by atoms with Crippen molar-refractivity contribution >= 4 is 34.4 Å². The summed E-state index contributed by atoms with van der Waals surface area (Å²) in [6, 6.07) is 14.9. The number of ketones is 1. The van der Waals surface area contributed by atoms with Gasteiger partial charge in [0.05, 0.1) is 13.1 Å². The molecule has 3 aromatic rings. The molecule has 1 amide bonds. The van der Waals surface area contributed by atoms with Crippen molar-refractivity contribution in [2.75, 3.05) is 6.61 Å². The summed E-state index contributed by atoms with van der Waals surface area (Å²) in [4.78, 5) is 28.1. The molecule has 3 rings (SSSR count). The zero-order chi connectivity index (χ0) is 18.4. The third-order valence-corrected chi connectivity index (χ3v) is 5.55. The first-order valence-electron chi connectivity index (χ1n) is 8.18. The zero-order valence-corrected chi connectivity index (χ0v) is 16.0. The molecule has 0 atom stereocenters. The van der Waals surface area contributed by atoms with Crippen LogP contribution >= 0.6 is 22.7 Å². The number of carbonyl (C=O) groups excluding carboxylic acids is 2. The predicted octanol–water partition coefficient (Wildman–Crippen LogP) is 4.62. The normalized spacial score (nSPS) is 10.5. The molecule has 0 aliphatic carbocycles. The maximum absolute atomic E-state index is 12.7. The first kappa shape index (κ1) is 18.4. The summed E-state index contributed by atoms with van der Waals surface area (Å²) in [5.74, 6) is 0.517. The highest BCUT2D eigenvalue weighted by molar-refractivity contribution is 7.10. The lowest BCUT2D eigenvalue weighted by atomic mass is 10.1. The molecule has 0 saturated heterocycles. The summed E-state index contributed by atoms with van der Waals surface area (Å²) in [6.45, 7) is 2.63. The van der Waals surface area contributed by atoms with Crippen molar-refractivity contribution in [2.45, 2.75) is 20.0 Å². The van der Waals surface area contributed by atoms with Crippen LogP contribution in [0.5, 0.6) is 5.75 Å². The van der Waals surface area contributed by atoms with Gasteiger partial charge in [0.2, 0.25) is 0 Å². The van der Waals surface area contributed by atoms with E-state index in [1.54, 1.807) is 46.9 Å². The molecular weight excluding hydrogens is 366 g/mol. The van der Waals surface area contributed by atoms with Crippen molar-refractivity contribution in [1.29, 1.82) is 0 Å². The number of amides is 1. The van der Waals surface area contributed by atoms with Crippen LogP contribution in [0, 0.1) is 0 Å². The number of thiophene rings is 2. The van der Waals surface area contributed by atoms with Crippen LogP contribution in [0.25, 0.3) is 0 Å². The van der Waals surface area contributed by atoms with E-state index in [9.17, 15) is 9.59 Å². The van der Waals surface area contributed by atoms with Gasteiger partial charge in [0.15, 0.2) is 12.4 Å². The quantitative estimate of drug-likeness (QED) is 0.532. The van der Waals surface area contributed by atoms with Crippen LogP contribution in [0.15, 0.2) is 59.3 Å². The molecule has 6 heteroatoms. The van der Waals surface area contributed by atoms with Gasteiger partial charge in [-0.2, -0.15) is 0 Å². The van der Waals surface area contributed by atoms with Gasteiger partial charge in [-0.1, -0.05) is 12.1 Å². The van der Waals surface area contributed by atoms with E-state index in [0.717, 1.165) is 9.75 Å². The Hall–Kier alpha value is -2.44. The van der Waals surface area contributed by atoms with Gasteiger partial charge in [-0.25, -0.2) is 0 Å². The van der Waals surface area contributed by atoms with Gasteiger partial charge in [0, 0.05) is 15.3 Å². The average Bonchev–Trinajstić information content (AvgIpc) is 3.33. The average molecular weight is 386 g/mol. The first-order chi connectivity index (χ1) is 12.6. The van der Waals surface area contributed by atoms with E-state index in [1.165, 1.54) is 6.92 Å². The highest BCUT2D eigenvalue weighted by atomic mass is 32.1. The smallest absolute Gasteiger partial charge is 0.261 e. The Kier molecular flexibility index (Phi) is 6.20. The van der Waals surface area contributed by atoms with Crippen LogP contribution in [0.2, 0.25) is 0 Å². The van der Waals surface area contributed by atoms with Crippen molar-refractivity contribution in [3.8, 4) is 5.75 Å². The monoisotopic (exact) mass is 385 g/mol. The highest BCUT2D eigenvalue weighted by Crippen LogP contribution is 2.18. The molecule has 0 aliphatic rings. The Labute approximate surface area is 160 Å². The summed E-state index contributed by atoms with van der Waals surface area (Å²) >= 11 is 3.27. The minimum absolute atomic E-state index is 0.00528. The molecule has 2 heterocycles. The van der Waals surface area contributed by atoms with E-state index in [-0.39, 0.29) is 18.3 Å². The summed E-state index contributed by atoms with van der Waals surface area (Å²) in [5.41, 5.74) is 0.626. The lowest BCUT2D eigenvalue weighted by Crippen LogP contribution is -2.33. The number of carbonyl (C=O) groups is 2. The number of benzene rings is 1. The molecule has 134 valence electrons. The molecule has 0 unspecified atom stereocenters. The number of Topliss-reactive ketones (excluding diaryl/α,β-unsaturated/α-hetero) is 1. The third kappa shape index (κ3) is 5.03. The van der Waals surface area contributed by atoms with E-state index < -0.39 is 0 Å². The fraction of sp³-hybridized carbons (Fsp3) is 0.200.